The molecule has 1 aliphatic heterocycles. The number of hydrogen-bond acceptors (Lipinski definition) is 6. The zero-order chi connectivity index (χ0) is 17.9. The molecule has 10 heteroatoms. The molecule has 0 radical (unpaired) electrons. The first-order valence-electron chi connectivity index (χ1n) is 7.53. The molecule has 0 bridgehead atoms. The van der Waals surface area contributed by atoms with Gasteiger partial charge in [0.05, 0.1) is 18.0 Å². The van der Waals surface area contributed by atoms with Crippen molar-refractivity contribution in [1.82, 2.24) is 14.6 Å². The second-order valence-electron chi connectivity index (χ2n) is 5.44. The summed E-state index contributed by atoms with van der Waals surface area (Å²) in [6.45, 7) is 1.00. The van der Waals surface area contributed by atoms with E-state index in [1.165, 1.54) is 23.5 Å². The highest BCUT2D eigenvalue weighted by atomic mass is 35.5. The highest BCUT2D eigenvalue weighted by molar-refractivity contribution is 7.89. The average Bonchev–Trinajstić information content (AvgIpc) is 3.03. The van der Waals surface area contributed by atoms with Gasteiger partial charge in [-0.25, -0.2) is 18.1 Å². The van der Waals surface area contributed by atoms with Gasteiger partial charge in [0.2, 0.25) is 15.9 Å². The summed E-state index contributed by atoms with van der Waals surface area (Å²) in [4.78, 5) is 17.8. The zero-order valence-electron chi connectivity index (χ0n) is 13.1. The molecular weight excluding hydrogens is 386 g/mol. The molecule has 0 atom stereocenters. The Kier molecular flexibility index (Phi) is 5.57. The van der Waals surface area contributed by atoms with Crippen molar-refractivity contribution in [1.29, 1.82) is 0 Å². The van der Waals surface area contributed by atoms with Crippen molar-refractivity contribution in [3.05, 3.63) is 40.9 Å². The predicted molar refractivity (Wildman–Crippen MR) is 94.4 cm³/mol. The van der Waals surface area contributed by atoms with E-state index in [0.717, 1.165) is 0 Å². The second-order valence-corrected chi connectivity index (χ2v) is 8.50. The molecule has 0 unspecified atom stereocenters. The summed E-state index contributed by atoms with van der Waals surface area (Å²) < 4.78 is 32.3. The largest absolute Gasteiger partial charge is 0.463 e. The van der Waals surface area contributed by atoms with E-state index in [0.29, 0.717) is 23.3 Å². The molecular formula is C15H16ClN3O4S2. The molecule has 1 amide bonds. The molecule has 2 aromatic rings. The van der Waals surface area contributed by atoms with Gasteiger partial charge in [0.1, 0.15) is 6.10 Å². The van der Waals surface area contributed by atoms with Gasteiger partial charge in [0.15, 0.2) is 0 Å². The van der Waals surface area contributed by atoms with Crippen molar-refractivity contribution < 1.29 is 17.9 Å². The van der Waals surface area contributed by atoms with Gasteiger partial charge in [-0.1, -0.05) is 29.0 Å². The molecule has 1 saturated heterocycles. The van der Waals surface area contributed by atoms with E-state index >= 15 is 0 Å². The Morgan fingerprint density at radius 2 is 2.24 bits per heavy atom. The van der Waals surface area contributed by atoms with Crippen LogP contribution in [0.5, 0.6) is 5.19 Å². The van der Waals surface area contributed by atoms with E-state index in [-0.39, 0.29) is 29.9 Å². The maximum absolute atomic E-state index is 12.1. The number of rotatable bonds is 7. The standard InChI is InChI=1S/C15H16ClN3O4S2/c16-11-2-1-3-13(8-11)25(21,22)18-5-4-14(20)19-9-12(10-19)23-15-17-6-7-24-15/h1-3,6-8,12,18H,4-5,9-10H2. The van der Waals surface area contributed by atoms with Crippen LogP contribution < -0.4 is 9.46 Å². The number of sulfonamides is 1. The van der Waals surface area contributed by atoms with Gasteiger partial charge in [0.25, 0.3) is 5.19 Å². The van der Waals surface area contributed by atoms with E-state index in [4.69, 9.17) is 16.3 Å². The molecule has 0 saturated carbocycles. The first kappa shape index (κ1) is 18.1. The summed E-state index contributed by atoms with van der Waals surface area (Å²) >= 11 is 7.20. The second kappa shape index (κ2) is 7.69. The lowest BCUT2D eigenvalue weighted by molar-refractivity contribution is -0.139. The number of benzene rings is 1. The van der Waals surface area contributed by atoms with E-state index in [9.17, 15) is 13.2 Å². The van der Waals surface area contributed by atoms with E-state index in [2.05, 4.69) is 9.71 Å². The van der Waals surface area contributed by atoms with Gasteiger partial charge in [-0.2, -0.15) is 0 Å². The minimum Gasteiger partial charge on any atom is -0.463 e. The normalized spacial score (nSPS) is 15.0. The molecule has 134 valence electrons. The number of halogens is 1. The summed E-state index contributed by atoms with van der Waals surface area (Å²) in [5.41, 5.74) is 0. The Balaban J connectivity index is 1.41. The maximum atomic E-state index is 12.1. The van der Waals surface area contributed by atoms with Crippen LogP contribution in [0.2, 0.25) is 5.02 Å². The van der Waals surface area contributed by atoms with Crippen LogP contribution in [0.15, 0.2) is 40.7 Å². The lowest BCUT2D eigenvalue weighted by Crippen LogP contribution is -2.56. The fraction of sp³-hybridized carbons (Fsp3) is 0.333. The molecule has 1 N–H and O–H groups in total. The van der Waals surface area contributed by atoms with E-state index in [1.807, 2.05) is 5.38 Å². The molecule has 25 heavy (non-hydrogen) atoms. The summed E-state index contributed by atoms with van der Waals surface area (Å²) in [7, 11) is -3.67. The van der Waals surface area contributed by atoms with Crippen LogP contribution in [0.1, 0.15) is 6.42 Å². The zero-order valence-corrected chi connectivity index (χ0v) is 15.5. The molecule has 0 aliphatic carbocycles. The molecule has 1 aromatic carbocycles. The Hall–Kier alpha value is -1.68. The summed E-state index contributed by atoms with van der Waals surface area (Å²) in [6.07, 6.45) is 1.69. The van der Waals surface area contributed by atoms with E-state index in [1.54, 1.807) is 23.2 Å². The highest BCUT2D eigenvalue weighted by Crippen LogP contribution is 2.20. The van der Waals surface area contributed by atoms with Crippen molar-refractivity contribution in [2.24, 2.45) is 0 Å². The van der Waals surface area contributed by atoms with Gasteiger partial charge in [-0.15, -0.1) is 0 Å². The molecule has 1 aliphatic rings. The SMILES string of the molecule is O=C(CCNS(=O)(=O)c1cccc(Cl)c1)N1CC(Oc2nccs2)C1. The number of aromatic nitrogens is 1. The van der Waals surface area contributed by atoms with Gasteiger partial charge in [-0.05, 0) is 18.2 Å². The molecule has 2 heterocycles. The number of hydrogen-bond donors (Lipinski definition) is 1. The maximum Gasteiger partial charge on any atom is 0.273 e. The first-order valence-corrected chi connectivity index (χ1v) is 10.3. The first-order chi connectivity index (χ1) is 11.9. The van der Waals surface area contributed by atoms with Gasteiger partial charge in [0, 0.05) is 29.6 Å². The number of carbonyl (C=O) groups is 1. The fourth-order valence-corrected chi connectivity index (χ4v) is 4.18. The number of carbonyl (C=O) groups excluding carboxylic acids is 1. The van der Waals surface area contributed by atoms with Crippen LogP contribution in [-0.4, -0.2) is 49.9 Å². The highest BCUT2D eigenvalue weighted by Gasteiger charge is 2.32. The number of nitrogens with one attached hydrogen (secondary N) is 1. The Bertz CT molecular complexity index is 836. The molecule has 7 nitrogen and oxygen atoms in total. The minimum atomic E-state index is -3.67. The lowest BCUT2D eigenvalue weighted by Gasteiger charge is -2.38. The van der Waals surface area contributed by atoms with Gasteiger partial charge >= 0.3 is 0 Å². The smallest absolute Gasteiger partial charge is 0.273 e. The quantitative estimate of drug-likeness (QED) is 0.763. The van der Waals surface area contributed by atoms with Gasteiger partial charge < -0.3 is 9.64 Å². The molecule has 1 aromatic heterocycles. The van der Waals surface area contributed by atoms with Crippen LogP contribution in [0, 0.1) is 0 Å². The van der Waals surface area contributed by atoms with Gasteiger partial charge in [-0.3, -0.25) is 4.79 Å². The van der Waals surface area contributed by atoms with Crippen LogP contribution in [-0.2, 0) is 14.8 Å². The number of amides is 1. The molecule has 3 rings (SSSR count). The number of nitrogens with zero attached hydrogens (tertiary/aromatic N) is 2. The van der Waals surface area contributed by atoms with Crippen LogP contribution >= 0.6 is 22.9 Å². The van der Waals surface area contributed by atoms with Crippen molar-refractivity contribution in [2.45, 2.75) is 17.4 Å². The van der Waals surface area contributed by atoms with Crippen LogP contribution in [0.4, 0.5) is 0 Å². The fourth-order valence-electron chi connectivity index (χ4n) is 2.30. The summed E-state index contributed by atoms with van der Waals surface area (Å²) in [6, 6.07) is 5.97. The van der Waals surface area contributed by atoms with E-state index < -0.39 is 10.0 Å². The number of likely N-dealkylation sites (tertiary alicyclic amines) is 1. The van der Waals surface area contributed by atoms with Crippen molar-refractivity contribution in [2.75, 3.05) is 19.6 Å². The monoisotopic (exact) mass is 401 g/mol. The third-order valence-corrected chi connectivity index (χ3v) is 5.97. The molecule has 0 spiro atoms. The predicted octanol–water partition coefficient (Wildman–Crippen LogP) is 1.75. The average molecular weight is 402 g/mol. The molecule has 1 fully saturated rings. The Morgan fingerprint density at radius 1 is 1.44 bits per heavy atom. The van der Waals surface area contributed by atoms with Crippen molar-refractivity contribution in [3.63, 3.8) is 0 Å². The summed E-state index contributed by atoms with van der Waals surface area (Å²) in [5.74, 6) is -0.118. The number of thiazole rings is 1. The minimum absolute atomic E-state index is 0.0299. The third kappa shape index (κ3) is 4.69. The van der Waals surface area contributed by atoms with Crippen LogP contribution in [0.3, 0.4) is 0 Å². The topological polar surface area (TPSA) is 88.6 Å². The Labute approximate surface area is 154 Å². The third-order valence-electron chi connectivity index (χ3n) is 3.62. The summed E-state index contributed by atoms with van der Waals surface area (Å²) in [5, 5.41) is 2.75. The van der Waals surface area contributed by atoms with Crippen molar-refractivity contribution >= 4 is 38.9 Å². The van der Waals surface area contributed by atoms with Crippen LogP contribution in [0.25, 0.3) is 0 Å². The lowest BCUT2D eigenvalue weighted by atomic mass is 10.1. The van der Waals surface area contributed by atoms with Crippen molar-refractivity contribution in [3.8, 4) is 5.19 Å². The number of ether oxygens (including phenoxy) is 1. The Morgan fingerprint density at radius 3 is 2.92 bits per heavy atom.